The SMILES string of the molecule is Cc1ncc(-c2ccc3cnc(CC(=O)C4CCN(C)C4)cc3c2)n1C. The fourth-order valence-electron chi connectivity index (χ4n) is 3.73. The molecular weight excluding hydrogens is 324 g/mol. The summed E-state index contributed by atoms with van der Waals surface area (Å²) < 4.78 is 2.09. The number of imidazole rings is 1. The van der Waals surface area contributed by atoms with E-state index < -0.39 is 0 Å². The number of pyridine rings is 1. The summed E-state index contributed by atoms with van der Waals surface area (Å²) in [6.07, 6.45) is 5.16. The Morgan fingerprint density at radius 1 is 1.15 bits per heavy atom. The molecule has 134 valence electrons. The second-order valence-electron chi connectivity index (χ2n) is 7.38. The van der Waals surface area contributed by atoms with Crippen LogP contribution in [0.4, 0.5) is 0 Å². The number of benzene rings is 1. The first kappa shape index (κ1) is 16.9. The molecule has 0 bridgehead atoms. The van der Waals surface area contributed by atoms with Crippen LogP contribution in [0.25, 0.3) is 22.0 Å². The molecule has 1 aliphatic heterocycles. The fourth-order valence-corrected chi connectivity index (χ4v) is 3.73. The van der Waals surface area contributed by atoms with Gasteiger partial charge in [0.15, 0.2) is 0 Å². The van der Waals surface area contributed by atoms with Crippen molar-refractivity contribution in [2.45, 2.75) is 19.8 Å². The van der Waals surface area contributed by atoms with E-state index in [9.17, 15) is 4.79 Å². The quantitative estimate of drug-likeness (QED) is 0.727. The summed E-state index contributed by atoms with van der Waals surface area (Å²) in [7, 11) is 4.10. The van der Waals surface area contributed by atoms with Crippen LogP contribution in [0.1, 0.15) is 17.9 Å². The van der Waals surface area contributed by atoms with Crippen LogP contribution < -0.4 is 0 Å². The van der Waals surface area contributed by atoms with Crippen LogP contribution in [0, 0.1) is 12.8 Å². The van der Waals surface area contributed by atoms with Gasteiger partial charge in [-0.1, -0.05) is 12.1 Å². The van der Waals surface area contributed by atoms with E-state index in [0.29, 0.717) is 12.2 Å². The zero-order valence-electron chi connectivity index (χ0n) is 15.6. The minimum Gasteiger partial charge on any atom is -0.331 e. The molecule has 1 unspecified atom stereocenters. The average molecular weight is 348 g/mol. The smallest absolute Gasteiger partial charge is 0.143 e. The van der Waals surface area contributed by atoms with Gasteiger partial charge in [-0.3, -0.25) is 9.78 Å². The van der Waals surface area contributed by atoms with E-state index in [4.69, 9.17) is 0 Å². The number of Topliss-reactive ketones (excluding diaryl/α,β-unsaturated/α-hetero) is 1. The van der Waals surface area contributed by atoms with Crippen LogP contribution in [0.15, 0.2) is 36.7 Å². The van der Waals surface area contributed by atoms with E-state index in [2.05, 4.69) is 50.7 Å². The molecular formula is C21H24N4O. The maximum absolute atomic E-state index is 12.6. The zero-order chi connectivity index (χ0) is 18.3. The molecule has 4 rings (SSSR count). The lowest BCUT2D eigenvalue weighted by molar-refractivity contribution is -0.121. The summed E-state index contributed by atoms with van der Waals surface area (Å²) >= 11 is 0. The van der Waals surface area contributed by atoms with Crippen molar-refractivity contribution in [3.63, 3.8) is 0 Å². The van der Waals surface area contributed by atoms with Crippen molar-refractivity contribution in [2.24, 2.45) is 13.0 Å². The van der Waals surface area contributed by atoms with Gasteiger partial charge in [-0.05, 0) is 44.5 Å². The van der Waals surface area contributed by atoms with Gasteiger partial charge >= 0.3 is 0 Å². The van der Waals surface area contributed by atoms with Crippen molar-refractivity contribution in [2.75, 3.05) is 20.1 Å². The van der Waals surface area contributed by atoms with E-state index in [-0.39, 0.29) is 5.92 Å². The average Bonchev–Trinajstić information content (AvgIpc) is 3.21. The van der Waals surface area contributed by atoms with E-state index in [1.165, 1.54) is 0 Å². The summed E-state index contributed by atoms with van der Waals surface area (Å²) in [6.45, 7) is 3.88. The Labute approximate surface area is 153 Å². The van der Waals surface area contributed by atoms with Crippen molar-refractivity contribution < 1.29 is 4.79 Å². The van der Waals surface area contributed by atoms with Gasteiger partial charge < -0.3 is 9.47 Å². The van der Waals surface area contributed by atoms with Crippen LogP contribution in [0.5, 0.6) is 0 Å². The highest BCUT2D eigenvalue weighted by atomic mass is 16.1. The molecule has 1 fully saturated rings. The Morgan fingerprint density at radius 3 is 2.69 bits per heavy atom. The van der Waals surface area contributed by atoms with Crippen LogP contribution in [-0.4, -0.2) is 45.4 Å². The van der Waals surface area contributed by atoms with E-state index in [1.807, 2.05) is 26.4 Å². The number of hydrogen-bond acceptors (Lipinski definition) is 4. The first-order valence-electron chi connectivity index (χ1n) is 9.10. The highest BCUT2D eigenvalue weighted by Gasteiger charge is 2.26. The first-order valence-corrected chi connectivity index (χ1v) is 9.10. The number of ketones is 1. The Hall–Kier alpha value is -2.53. The minimum absolute atomic E-state index is 0.154. The lowest BCUT2D eigenvalue weighted by Gasteiger charge is -2.10. The number of fused-ring (bicyclic) bond motifs is 1. The van der Waals surface area contributed by atoms with Crippen molar-refractivity contribution in [1.82, 2.24) is 19.4 Å². The predicted octanol–water partition coefficient (Wildman–Crippen LogP) is 3.01. The molecule has 3 aromatic rings. The molecule has 0 spiro atoms. The number of aryl methyl sites for hydroxylation is 1. The lowest BCUT2D eigenvalue weighted by Crippen LogP contribution is -2.21. The topological polar surface area (TPSA) is 51.0 Å². The Bertz CT molecular complexity index is 975. The van der Waals surface area contributed by atoms with Crippen molar-refractivity contribution in [1.29, 1.82) is 0 Å². The number of carbonyl (C=O) groups is 1. The molecule has 3 heterocycles. The lowest BCUT2D eigenvalue weighted by atomic mass is 9.98. The van der Waals surface area contributed by atoms with Crippen LogP contribution in [-0.2, 0) is 18.3 Å². The number of likely N-dealkylation sites (tertiary alicyclic amines) is 1. The molecule has 26 heavy (non-hydrogen) atoms. The fraction of sp³-hybridized carbons (Fsp3) is 0.381. The third-order valence-corrected chi connectivity index (χ3v) is 5.50. The molecule has 1 saturated heterocycles. The predicted molar refractivity (Wildman–Crippen MR) is 103 cm³/mol. The van der Waals surface area contributed by atoms with E-state index >= 15 is 0 Å². The Morgan fingerprint density at radius 2 is 2.00 bits per heavy atom. The van der Waals surface area contributed by atoms with Crippen LogP contribution in [0.2, 0.25) is 0 Å². The van der Waals surface area contributed by atoms with Gasteiger partial charge in [0, 0.05) is 48.8 Å². The summed E-state index contributed by atoms with van der Waals surface area (Å²) in [5, 5.41) is 2.20. The molecule has 5 nitrogen and oxygen atoms in total. The van der Waals surface area contributed by atoms with Gasteiger partial charge in [0.25, 0.3) is 0 Å². The number of hydrogen-bond donors (Lipinski definition) is 0. The van der Waals surface area contributed by atoms with E-state index in [0.717, 1.165) is 53.1 Å². The largest absolute Gasteiger partial charge is 0.331 e. The summed E-state index contributed by atoms with van der Waals surface area (Å²) in [5.74, 6) is 1.45. The van der Waals surface area contributed by atoms with Crippen molar-refractivity contribution >= 4 is 16.6 Å². The maximum Gasteiger partial charge on any atom is 0.143 e. The Balaban J connectivity index is 1.61. The van der Waals surface area contributed by atoms with Crippen LogP contribution in [0.3, 0.4) is 0 Å². The summed E-state index contributed by atoms with van der Waals surface area (Å²) in [5.41, 5.74) is 3.07. The number of aromatic nitrogens is 3. The standard InChI is InChI=1S/C21H24N4O/c1-14-22-12-20(25(14)3)15-4-5-16-11-23-19(9-18(16)8-15)10-21(26)17-6-7-24(2)13-17/h4-5,8-9,11-12,17H,6-7,10,13H2,1-3H3. The molecule has 2 aromatic heterocycles. The maximum atomic E-state index is 12.6. The minimum atomic E-state index is 0.154. The third kappa shape index (κ3) is 3.15. The van der Waals surface area contributed by atoms with E-state index in [1.54, 1.807) is 0 Å². The van der Waals surface area contributed by atoms with Gasteiger partial charge in [-0.15, -0.1) is 0 Å². The second kappa shape index (κ2) is 6.65. The number of rotatable bonds is 4. The molecule has 1 aromatic carbocycles. The number of carbonyl (C=O) groups excluding carboxylic acids is 1. The Kier molecular flexibility index (Phi) is 4.32. The molecule has 1 aliphatic rings. The van der Waals surface area contributed by atoms with Gasteiger partial charge in [0.1, 0.15) is 11.6 Å². The van der Waals surface area contributed by atoms with Gasteiger partial charge in [0.2, 0.25) is 0 Å². The molecule has 0 amide bonds. The third-order valence-electron chi connectivity index (χ3n) is 5.50. The molecule has 0 N–H and O–H groups in total. The van der Waals surface area contributed by atoms with Crippen molar-refractivity contribution in [3.8, 4) is 11.3 Å². The molecule has 0 aliphatic carbocycles. The molecule has 0 saturated carbocycles. The van der Waals surface area contributed by atoms with Gasteiger partial charge in [0.05, 0.1) is 11.9 Å². The molecule has 1 atom stereocenters. The van der Waals surface area contributed by atoms with Crippen molar-refractivity contribution in [3.05, 3.63) is 48.2 Å². The molecule has 0 radical (unpaired) electrons. The first-order chi connectivity index (χ1) is 12.5. The molecule has 5 heteroatoms. The normalized spacial score (nSPS) is 17.9. The van der Waals surface area contributed by atoms with Gasteiger partial charge in [-0.2, -0.15) is 0 Å². The number of nitrogens with zero attached hydrogens (tertiary/aromatic N) is 4. The highest BCUT2D eigenvalue weighted by molar-refractivity contribution is 5.88. The highest BCUT2D eigenvalue weighted by Crippen LogP contribution is 2.25. The summed E-state index contributed by atoms with van der Waals surface area (Å²) in [4.78, 5) is 23.7. The monoisotopic (exact) mass is 348 g/mol. The van der Waals surface area contributed by atoms with Gasteiger partial charge in [-0.25, -0.2) is 4.98 Å². The second-order valence-corrected chi connectivity index (χ2v) is 7.38. The zero-order valence-corrected chi connectivity index (χ0v) is 15.6. The summed E-state index contributed by atoms with van der Waals surface area (Å²) in [6, 6.07) is 8.39. The van der Waals surface area contributed by atoms with Crippen LogP contribution >= 0.6 is 0 Å².